The normalized spacial score (nSPS) is 24.0. The number of piperidine rings is 1. The number of rotatable bonds is 3. The fourth-order valence-corrected chi connectivity index (χ4v) is 3.31. The van der Waals surface area contributed by atoms with Crippen LogP contribution in [0.5, 0.6) is 0 Å². The molecule has 2 aliphatic heterocycles. The molecule has 1 unspecified atom stereocenters. The van der Waals surface area contributed by atoms with Crippen molar-refractivity contribution in [2.75, 3.05) is 31.1 Å². The lowest BCUT2D eigenvalue weighted by molar-refractivity contribution is 0.0995. The number of likely N-dealkylation sites (tertiary alicyclic amines) is 1. The van der Waals surface area contributed by atoms with Gasteiger partial charge in [0.2, 0.25) is 0 Å². The first-order valence-corrected chi connectivity index (χ1v) is 7.49. The summed E-state index contributed by atoms with van der Waals surface area (Å²) in [7, 11) is 0. The van der Waals surface area contributed by atoms with Crippen molar-refractivity contribution in [3.8, 4) is 0 Å². The summed E-state index contributed by atoms with van der Waals surface area (Å²) in [5.41, 5.74) is 6.71. The van der Waals surface area contributed by atoms with Crippen molar-refractivity contribution in [1.82, 2.24) is 9.88 Å². The zero-order valence-electron chi connectivity index (χ0n) is 11.8. The van der Waals surface area contributed by atoms with E-state index in [2.05, 4.69) is 14.8 Å². The zero-order chi connectivity index (χ0) is 13.9. The SMILES string of the molecule is NC(=O)c1cc(N2CCC(N3CCCCC3)C2)ccn1. The van der Waals surface area contributed by atoms with Gasteiger partial charge in [0.15, 0.2) is 0 Å². The van der Waals surface area contributed by atoms with Gasteiger partial charge < -0.3 is 10.6 Å². The van der Waals surface area contributed by atoms with Crippen LogP contribution in [0, 0.1) is 0 Å². The van der Waals surface area contributed by atoms with Gasteiger partial charge in [-0.2, -0.15) is 0 Å². The predicted octanol–water partition coefficient (Wildman–Crippen LogP) is 1.25. The molecule has 0 bridgehead atoms. The molecule has 1 aromatic rings. The third kappa shape index (κ3) is 2.77. The fraction of sp³-hybridized carbons (Fsp3) is 0.600. The average Bonchev–Trinajstić information content (AvgIpc) is 2.98. The number of aromatic nitrogens is 1. The summed E-state index contributed by atoms with van der Waals surface area (Å²) in [6, 6.07) is 4.42. The second-order valence-corrected chi connectivity index (χ2v) is 5.75. The van der Waals surface area contributed by atoms with Gasteiger partial charge in [0.1, 0.15) is 5.69 Å². The van der Waals surface area contributed by atoms with Crippen molar-refractivity contribution in [2.24, 2.45) is 5.73 Å². The quantitative estimate of drug-likeness (QED) is 0.901. The Morgan fingerprint density at radius 3 is 2.80 bits per heavy atom. The molecule has 0 saturated carbocycles. The molecule has 3 heterocycles. The molecule has 108 valence electrons. The van der Waals surface area contributed by atoms with Gasteiger partial charge in [0, 0.05) is 31.0 Å². The molecule has 5 heteroatoms. The molecular formula is C15H22N4O. The highest BCUT2D eigenvalue weighted by Crippen LogP contribution is 2.25. The lowest BCUT2D eigenvalue weighted by Gasteiger charge is -2.32. The number of hydrogen-bond donors (Lipinski definition) is 1. The molecule has 2 N–H and O–H groups in total. The minimum Gasteiger partial charge on any atom is -0.370 e. The van der Waals surface area contributed by atoms with E-state index >= 15 is 0 Å². The summed E-state index contributed by atoms with van der Waals surface area (Å²) in [6.07, 6.45) is 6.91. The number of nitrogens with zero attached hydrogens (tertiary/aromatic N) is 3. The third-order valence-electron chi connectivity index (χ3n) is 4.43. The van der Waals surface area contributed by atoms with Crippen LogP contribution in [0.25, 0.3) is 0 Å². The zero-order valence-corrected chi connectivity index (χ0v) is 11.8. The Kier molecular flexibility index (Phi) is 3.87. The summed E-state index contributed by atoms with van der Waals surface area (Å²) in [5, 5.41) is 0. The van der Waals surface area contributed by atoms with E-state index in [1.165, 1.54) is 38.8 Å². The van der Waals surface area contributed by atoms with Gasteiger partial charge in [-0.25, -0.2) is 0 Å². The Labute approximate surface area is 119 Å². The first-order valence-electron chi connectivity index (χ1n) is 7.49. The molecule has 0 radical (unpaired) electrons. The molecule has 5 nitrogen and oxygen atoms in total. The van der Waals surface area contributed by atoms with E-state index in [1.807, 2.05) is 6.07 Å². The Balaban J connectivity index is 1.67. The molecule has 3 rings (SSSR count). The highest BCUT2D eigenvalue weighted by molar-refractivity contribution is 5.91. The van der Waals surface area contributed by atoms with Crippen molar-refractivity contribution in [1.29, 1.82) is 0 Å². The lowest BCUT2D eigenvalue weighted by atomic mass is 10.1. The molecule has 0 spiro atoms. The summed E-state index contributed by atoms with van der Waals surface area (Å²) in [4.78, 5) is 20.2. The third-order valence-corrected chi connectivity index (χ3v) is 4.43. The molecule has 20 heavy (non-hydrogen) atoms. The topological polar surface area (TPSA) is 62.5 Å². The number of amides is 1. The monoisotopic (exact) mass is 274 g/mol. The van der Waals surface area contributed by atoms with Gasteiger partial charge in [0.05, 0.1) is 0 Å². The van der Waals surface area contributed by atoms with E-state index in [0.29, 0.717) is 11.7 Å². The minimum absolute atomic E-state index is 0.351. The summed E-state index contributed by atoms with van der Waals surface area (Å²) in [6.45, 7) is 4.56. The summed E-state index contributed by atoms with van der Waals surface area (Å²) in [5.74, 6) is -0.460. The molecule has 1 atom stereocenters. The maximum atomic E-state index is 11.2. The van der Waals surface area contributed by atoms with Crippen LogP contribution >= 0.6 is 0 Å². The van der Waals surface area contributed by atoms with E-state index in [9.17, 15) is 4.79 Å². The maximum absolute atomic E-state index is 11.2. The average molecular weight is 274 g/mol. The molecule has 1 amide bonds. The van der Waals surface area contributed by atoms with Gasteiger partial charge in [-0.3, -0.25) is 14.7 Å². The van der Waals surface area contributed by atoms with Crippen molar-refractivity contribution >= 4 is 11.6 Å². The van der Waals surface area contributed by atoms with Crippen LogP contribution in [0.15, 0.2) is 18.3 Å². The molecule has 1 aromatic heterocycles. The molecule has 2 fully saturated rings. The lowest BCUT2D eigenvalue weighted by Crippen LogP contribution is -2.40. The Bertz CT molecular complexity index is 485. The number of anilines is 1. The van der Waals surface area contributed by atoms with Crippen LogP contribution < -0.4 is 10.6 Å². The maximum Gasteiger partial charge on any atom is 0.267 e. The Morgan fingerprint density at radius 1 is 1.25 bits per heavy atom. The van der Waals surface area contributed by atoms with Crippen LogP contribution in [-0.4, -0.2) is 48.0 Å². The fourth-order valence-electron chi connectivity index (χ4n) is 3.31. The van der Waals surface area contributed by atoms with Gasteiger partial charge in [-0.15, -0.1) is 0 Å². The molecule has 0 aliphatic carbocycles. The van der Waals surface area contributed by atoms with Gasteiger partial charge >= 0.3 is 0 Å². The molecule has 2 aliphatic rings. The Morgan fingerprint density at radius 2 is 2.05 bits per heavy atom. The van der Waals surface area contributed by atoms with Crippen molar-refractivity contribution in [3.05, 3.63) is 24.0 Å². The van der Waals surface area contributed by atoms with Gasteiger partial charge in [-0.05, 0) is 44.5 Å². The largest absolute Gasteiger partial charge is 0.370 e. The van der Waals surface area contributed by atoms with Gasteiger partial charge in [-0.1, -0.05) is 6.42 Å². The van der Waals surface area contributed by atoms with Crippen LogP contribution in [-0.2, 0) is 0 Å². The van der Waals surface area contributed by atoms with E-state index in [-0.39, 0.29) is 0 Å². The van der Waals surface area contributed by atoms with Crippen LogP contribution in [0.4, 0.5) is 5.69 Å². The van der Waals surface area contributed by atoms with Crippen molar-refractivity contribution in [3.63, 3.8) is 0 Å². The summed E-state index contributed by atoms with van der Waals surface area (Å²) < 4.78 is 0. The van der Waals surface area contributed by atoms with E-state index < -0.39 is 5.91 Å². The predicted molar refractivity (Wildman–Crippen MR) is 78.8 cm³/mol. The number of nitrogens with two attached hydrogens (primary N) is 1. The van der Waals surface area contributed by atoms with Gasteiger partial charge in [0.25, 0.3) is 5.91 Å². The number of carbonyl (C=O) groups excluding carboxylic acids is 1. The van der Waals surface area contributed by atoms with Crippen LogP contribution in [0.1, 0.15) is 36.2 Å². The number of carbonyl (C=O) groups is 1. The highest BCUT2D eigenvalue weighted by Gasteiger charge is 2.28. The molecule has 0 aromatic carbocycles. The molecule has 2 saturated heterocycles. The number of primary amides is 1. The first kappa shape index (κ1) is 13.4. The second kappa shape index (κ2) is 5.79. The summed E-state index contributed by atoms with van der Waals surface area (Å²) >= 11 is 0. The van der Waals surface area contributed by atoms with Crippen molar-refractivity contribution in [2.45, 2.75) is 31.7 Å². The van der Waals surface area contributed by atoms with Crippen LogP contribution in [0.2, 0.25) is 0 Å². The molecular weight excluding hydrogens is 252 g/mol. The second-order valence-electron chi connectivity index (χ2n) is 5.75. The first-order chi connectivity index (χ1) is 9.74. The van der Waals surface area contributed by atoms with E-state index in [1.54, 1.807) is 12.3 Å². The smallest absolute Gasteiger partial charge is 0.267 e. The Hall–Kier alpha value is -1.62. The standard InChI is InChI=1S/C15H22N4O/c16-15(20)14-10-12(4-6-17-14)19-9-5-13(11-19)18-7-2-1-3-8-18/h4,6,10,13H,1-3,5,7-9,11H2,(H2,16,20). The van der Waals surface area contributed by atoms with E-state index in [0.717, 1.165) is 18.8 Å². The minimum atomic E-state index is -0.460. The van der Waals surface area contributed by atoms with Crippen molar-refractivity contribution < 1.29 is 4.79 Å². The number of hydrogen-bond acceptors (Lipinski definition) is 4. The van der Waals surface area contributed by atoms with E-state index in [4.69, 9.17) is 5.73 Å². The van der Waals surface area contributed by atoms with Crippen LogP contribution in [0.3, 0.4) is 0 Å². The highest BCUT2D eigenvalue weighted by atomic mass is 16.1. The number of pyridine rings is 1.